The number of aryl methyl sites for hydroxylation is 1. The Morgan fingerprint density at radius 1 is 1.56 bits per heavy atom. The highest BCUT2D eigenvalue weighted by Crippen LogP contribution is 2.06. The highest BCUT2D eigenvalue weighted by atomic mass is 16.1. The van der Waals surface area contributed by atoms with Crippen LogP contribution in [-0.2, 0) is 0 Å². The van der Waals surface area contributed by atoms with Crippen LogP contribution in [0.25, 0.3) is 5.65 Å². The van der Waals surface area contributed by atoms with Crippen LogP contribution in [0.3, 0.4) is 0 Å². The largest absolute Gasteiger partial charge is 0.338 e. The molecule has 0 saturated heterocycles. The highest BCUT2D eigenvalue weighted by Gasteiger charge is 2.09. The molecule has 2 heterocycles. The number of aromatic nitrogens is 2. The van der Waals surface area contributed by atoms with E-state index in [2.05, 4.69) is 10.3 Å². The van der Waals surface area contributed by atoms with Crippen molar-refractivity contribution in [3.8, 4) is 6.07 Å². The van der Waals surface area contributed by atoms with Gasteiger partial charge in [0, 0.05) is 12.4 Å². The summed E-state index contributed by atoms with van der Waals surface area (Å²) in [5, 5.41) is 10.8. The Hall–Kier alpha value is -2.35. The fourth-order valence-corrected chi connectivity index (χ4v) is 1.42. The molecule has 0 atom stereocenters. The number of fused-ring (bicyclic) bond motifs is 1. The molecule has 5 heteroatoms. The Morgan fingerprint density at radius 3 is 3.12 bits per heavy atom. The fourth-order valence-electron chi connectivity index (χ4n) is 1.42. The predicted octanol–water partition coefficient (Wildman–Crippen LogP) is 0.896. The zero-order chi connectivity index (χ0) is 11.5. The van der Waals surface area contributed by atoms with Gasteiger partial charge in [0.05, 0.1) is 6.07 Å². The number of nitrogens with one attached hydrogen (secondary N) is 1. The Bertz CT molecular complexity index is 579. The topological polar surface area (TPSA) is 70.2 Å². The first-order valence-corrected chi connectivity index (χ1v) is 4.81. The van der Waals surface area contributed by atoms with Gasteiger partial charge in [0.25, 0.3) is 5.91 Å². The molecule has 0 fully saturated rings. The van der Waals surface area contributed by atoms with E-state index in [0.717, 1.165) is 5.56 Å². The van der Waals surface area contributed by atoms with E-state index in [9.17, 15) is 4.79 Å². The first-order chi connectivity index (χ1) is 7.70. The number of pyridine rings is 1. The molecular weight excluding hydrogens is 204 g/mol. The van der Waals surface area contributed by atoms with Crippen LogP contribution in [0.2, 0.25) is 0 Å². The molecule has 0 aliphatic heterocycles. The lowest BCUT2D eigenvalue weighted by Crippen LogP contribution is -2.23. The third kappa shape index (κ3) is 1.86. The molecule has 0 bridgehead atoms. The molecule has 0 aliphatic rings. The van der Waals surface area contributed by atoms with Gasteiger partial charge in [-0.15, -0.1) is 0 Å². The van der Waals surface area contributed by atoms with Gasteiger partial charge in [0.15, 0.2) is 0 Å². The zero-order valence-electron chi connectivity index (χ0n) is 8.77. The summed E-state index contributed by atoms with van der Waals surface area (Å²) in [6.45, 7) is 1.96. The van der Waals surface area contributed by atoms with E-state index in [4.69, 9.17) is 5.26 Å². The van der Waals surface area contributed by atoms with Gasteiger partial charge in [-0.3, -0.25) is 4.79 Å². The molecule has 0 aromatic carbocycles. The first-order valence-electron chi connectivity index (χ1n) is 4.81. The van der Waals surface area contributed by atoms with Crippen molar-refractivity contribution in [3.63, 3.8) is 0 Å². The van der Waals surface area contributed by atoms with Crippen LogP contribution in [0.4, 0.5) is 0 Å². The summed E-state index contributed by atoms with van der Waals surface area (Å²) >= 11 is 0. The highest BCUT2D eigenvalue weighted by molar-refractivity contribution is 5.92. The lowest BCUT2D eigenvalue weighted by molar-refractivity contribution is 0.0954. The van der Waals surface area contributed by atoms with Gasteiger partial charge in [0.2, 0.25) is 0 Å². The average molecular weight is 214 g/mol. The number of carbonyl (C=O) groups is 1. The normalized spacial score (nSPS) is 10.0. The molecule has 1 amide bonds. The second-order valence-corrected chi connectivity index (χ2v) is 3.44. The summed E-state index contributed by atoms with van der Waals surface area (Å²) in [5.74, 6) is -0.331. The molecule has 0 unspecified atom stereocenters. The van der Waals surface area contributed by atoms with Crippen LogP contribution in [0.5, 0.6) is 0 Å². The molecule has 5 nitrogen and oxygen atoms in total. The maximum atomic E-state index is 11.5. The lowest BCUT2D eigenvalue weighted by Gasteiger charge is -1.94. The number of imidazole rings is 1. The SMILES string of the molecule is Cc1ccc2nc(C(=O)NCC#N)cn2c1. The van der Waals surface area contributed by atoms with Crippen molar-refractivity contribution in [1.82, 2.24) is 14.7 Å². The minimum Gasteiger partial charge on any atom is -0.338 e. The van der Waals surface area contributed by atoms with E-state index in [1.54, 1.807) is 10.6 Å². The van der Waals surface area contributed by atoms with E-state index in [0.29, 0.717) is 11.3 Å². The van der Waals surface area contributed by atoms with Crippen molar-refractivity contribution in [3.05, 3.63) is 35.8 Å². The van der Waals surface area contributed by atoms with Crippen molar-refractivity contribution >= 4 is 11.6 Å². The maximum absolute atomic E-state index is 11.5. The van der Waals surface area contributed by atoms with Gasteiger partial charge in [-0.2, -0.15) is 5.26 Å². The van der Waals surface area contributed by atoms with Crippen molar-refractivity contribution in [2.75, 3.05) is 6.54 Å². The molecule has 2 aromatic heterocycles. The van der Waals surface area contributed by atoms with Crippen molar-refractivity contribution in [2.45, 2.75) is 6.92 Å². The number of nitrogens with zero attached hydrogens (tertiary/aromatic N) is 3. The van der Waals surface area contributed by atoms with Gasteiger partial charge in [-0.25, -0.2) is 4.98 Å². The van der Waals surface area contributed by atoms with Crippen LogP contribution < -0.4 is 5.32 Å². The summed E-state index contributed by atoms with van der Waals surface area (Å²) in [6.07, 6.45) is 3.54. The van der Waals surface area contributed by atoms with Crippen molar-refractivity contribution < 1.29 is 4.79 Å². The average Bonchev–Trinajstić information content (AvgIpc) is 2.68. The molecular formula is C11H10N4O. The van der Waals surface area contributed by atoms with Gasteiger partial charge in [0.1, 0.15) is 17.9 Å². The molecule has 80 valence electrons. The second-order valence-electron chi connectivity index (χ2n) is 3.44. The number of carbonyl (C=O) groups excluding carboxylic acids is 1. The van der Waals surface area contributed by atoms with Gasteiger partial charge >= 0.3 is 0 Å². The summed E-state index contributed by atoms with van der Waals surface area (Å²) < 4.78 is 1.79. The summed E-state index contributed by atoms with van der Waals surface area (Å²) in [5.41, 5.74) is 2.13. The lowest BCUT2D eigenvalue weighted by atomic mass is 10.3. The van der Waals surface area contributed by atoms with E-state index in [1.807, 2.05) is 31.3 Å². The van der Waals surface area contributed by atoms with Crippen LogP contribution in [0.1, 0.15) is 16.1 Å². The van der Waals surface area contributed by atoms with Gasteiger partial charge in [-0.05, 0) is 18.6 Å². The standard InChI is InChI=1S/C11H10N4O/c1-8-2-3-10-14-9(7-15(10)6-8)11(16)13-5-4-12/h2-3,6-7H,5H2,1H3,(H,13,16). The van der Waals surface area contributed by atoms with E-state index >= 15 is 0 Å². The smallest absolute Gasteiger partial charge is 0.272 e. The fraction of sp³-hybridized carbons (Fsp3) is 0.182. The van der Waals surface area contributed by atoms with Crippen LogP contribution in [0.15, 0.2) is 24.5 Å². The summed E-state index contributed by atoms with van der Waals surface area (Å²) in [6, 6.07) is 5.62. The predicted molar refractivity (Wildman–Crippen MR) is 57.9 cm³/mol. The summed E-state index contributed by atoms with van der Waals surface area (Å²) in [7, 11) is 0. The van der Waals surface area contributed by atoms with Crippen molar-refractivity contribution in [1.29, 1.82) is 5.26 Å². The third-order valence-corrected chi connectivity index (χ3v) is 2.16. The molecule has 0 saturated carbocycles. The Kier molecular flexibility index (Phi) is 2.56. The van der Waals surface area contributed by atoms with E-state index in [1.165, 1.54) is 0 Å². The molecule has 2 rings (SSSR count). The van der Waals surface area contributed by atoms with Gasteiger partial charge < -0.3 is 9.72 Å². The molecule has 0 radical (unpaired) electrons. The van der Waals surface area contributed by atoms with Crippen molar-refractivity contribution in [2.24, 2.45) is 0 Å². The number of amides is 1. The Morgan fingerprint density at radius 2 is 2.38 bits per heavy atom. The number of hydrogen-bond acceptors (Lipinski definition) is 3. The Labute approximate surface area is 92.3 Å². The second kappa shape index (κ2) is 4.03. The number of rotatable bonds is 2. The zero-order valence-corrected chi connectivity index (χ0v) is 8.77. The minimum atomic E-state index is -0.331. The maximum Gasteiger partial charge on any atom is 0.272 e. The molecule has 0 spiro atoms. The third-order valence-electron chi connectivity index (χ3n) is 2.16. The first kappa shape index (κ1) is 10.2. The van der Waals surface area contributed by atoms with Crippen LogP contribution in [-0.4, -0.2) is 21.8 Å². The Balaban J connectivity index is 2.33. The molecule has 1 N–H and O–H groups in total. The molecule has 0 aliphatic carbocycles. The number of hydrogen-bond donors (Lipinski definition) is 1. The van der Waals surface area contributed by atoms with Gasteiger partial charge in [-0.1, -0.05) is 6.07 Å². The van der Waals surface area contributed by atoms with E-state index < -0.39 is 0 Å². The monoisotopic (exact) mass is 214 g/mol. The number of nitriles is 1. The van der Waals surface area contributed by atoms with E-state index in [-0.39, 0.29) is 12.5 Å². The minimum absolute atomic E-state index is 0.00820. The van der Waals surface area contributed by atoms with Crippen LogP contribution in [0, 0.1) is 18.3 Å². The summed E-state index contributed by atoms with van der Waals surface area (Å²) in [4.78, 5) is 15.7. The molecule has 16 heavy (non-hydrogen) atoms. The van der Waals surface area contributed by atoms with Crippen LogP contribution >= 0.6 is 0 Å². The molecule has 2 aromatic rings. The quantitative estimate of drug-likeness (QED) is 0.755.